The van der Waals surface area contributed by atoms with Gasteiger partial charge in [0.05, 0.1) is 0 Å². The minimum absolute atomic E-state index is 0.736. The molecule has 2 aliphatic rings. The third-order valence-corrected chi connectivity index (χ3v) is 1.86. The molecule has 1 atom stereocenters. The summed E-state index contributed by atoms with van der Waals surface area (Å²) in [5.41, 5.74) is 3.09. The molecule has 8 heavy (non-hydrogen) atoms. The fourth-order valence-corrected chi connectivity index (χ4v) is 1.19. The van der Waals surface area contributed by atoms with E-state index in [1.807, 2.05) is 0 Å². The molecule has 0 fully saturated rings. The Morgan fingerprint density at radius 1 is 1.38 bits per heavy atom. The molecule has 0 heteroatoms. The molecule has 0 spiro atoms. The maximum Gasteiger partial charge on any atom is 0.0234 e. The van der Waals surface area contributed by atoms with Crippen molar-refractivity contribution in [1.82, 2.24) is 0 Å². The van der Waals surface area contributed by atoms with E-state index in [1.165, 1.54) is 5.57 Å². The number of rotatable bonds is 0. The molecule has 0 aromatic heterocycles. The summed E-state index contributed by atoms with van der Waals surface area (Å²) in [6.07, 6.45) is 8.65. The van der Waals surface area contributed by atoms with Gasteiger partial charge in [-0.05, 0) is 12.5 Å². The van der Waals surface area contributed by atoms with Crippen LogP contribution in [0.5, 0.6) is 0 Å². The molecule has 0 unspecified atom stereocenters. The number of fused-ring (bicyclic) bond motifs is 1. The molecule has 0 amide bonds. The largest absolute Gasteiger partial charge is 0.0730 e. The molecule has 0 aliphatic heterocycles. The zero-order valence-electron chi connectivity index (χ0n) is 4.89. The Bertz CT molecular complexity index is 204. The molecule has 0 radical (unpaired) electrons. The van der Waals surface area contributed by atoms with Crippen LogP contribution in [0.2, 0.25) is 0 Å². The van der Waals surface area contributed by atoms with Crippen LogP contribution < -0.4 is 0 Å². The highest BCUT2D eigenvalue weighted by Crippen LogP contribution is 2.42. The Kier molecular flexibility index (Phi) is 0.587. The van der Waals surface area contributed by atoms with Crippen molar-refractivity contribution in [3.63, 3.8) is 0 Å². The van der Waals surface area contributed by atoms with Crippen molar-refractivity contribution in [2.75, 3.05) is 0 Å². The SMILES string of the molecule is CC1=C2C=CC=C[C@@H]12. The van der Waals surface area contributed by atoms with Crippen molar-refractivity contribution >= 4 is 0 Å². The van der Waals surface area contributed by atoms with Gasteiger partial charge in [0, 0.05) is 5.92 Å². The van der Waals surface area contributed by atoms with Crippen molar-refractivity contribution in [2.24, 2.45) is 5.92 Å². The summed E-state index contributed by atoms with van der Waals surface area (Å²) in [5.74, 6) is 0.736. The standard InChI is InChI=1S/C8H8/c1-6-7-4-2-3-5-8(6)7/h2-5,7H,1H3/t7-/m0/s1. The highest BCUT2D eigenvalue weighted by atomic mass is 14.3. The lowest BCUT2D eigenvalue weighted by atomic mass is 10.2. The fraction of sp³-hybridized carbons (Fsp3) is 0.250. The van der Waals surface area contributed by atoms with Crippen LogP contribution in [0.25, 0.3) is 0 Å². The molecule has 0 bridgehead atoms. The van der Waals surface area contributed by atoms with E-state index in [4.69, 9.17) is 0 Å². The van der Waals surface area contributed by atoms with E-state index in [2.05, 4.69) is 31.2 Å². The third-order valence-electron chi connectivity index (χ3n) is 1.86. The van der Waals surface area contributed by atoms with Crippen LogP contribution >= 0.6 is 0 Å². The average Bonchev–Trinajstić information content (AvgIpc) is 2.46. The molecule has 2 rings (SSSR count). The first-order valence-corrected chi connectivity index (χ1v) is 2.95. The van der Waals surface area contributed by atoms with Crippen LogP contribution in [0.15, 0.2) is 35.5 Å². The van der Waals surface area contributed by atoms with Gasteiger partial charge in [0.1, 0.15) is 0 Å². The zero-order chi connectivity index (χ0) is 5.56. The predicted molar refractivity (Wildman–Crippen MR) is 34.5 cm³/mol. The van der Waals surface area contributed by atoms with Crippen molar-refractivity contribution in [2.45, 2.75) is 6.92 Å². The summed E-state index contributed by atoms with van der Waals surface area (Å²) in [7, 11) is 0. The second-order valence-electron chi connectivity index (χ2n) is 2.36. The molecule has 0 nitrogen and oxygen atoms in total. The molecule has 0 aromatic rings. The summed E-state index contributed by atoms with van der Waals surface area (Å²) in [6, 6.07) is 0. The predicted octanol–water partition coefficient (Wildman–Crippen LogP) is 2.06. The normalized spacial score (nSPS) is 30.9. The first kappa shape index (κ1) is 4.13. The number of hydrogen-bond acceptors (Lipinski definition) is 0. The second-order valence-corrected chi connectivity index (χ2v) is 2.36. The Morgan fingerprint density at radius 2 is 2.25 bits per heavy atom. The summed E-state index contributed by atoms with van der Waals surface area (Å²) in [6.45, 7) is 2.19. The highest BCUT2D eigenvalue weighted by molar-refractivity contribution is 5.54. The highest BCUT2D eigenvalue weighted by Gasteiger charge is 2.28. The van der Waals surface area contributed by atoms with Crippen LogP contribution in [0.3, 0.4) is 0 Å². The van der Waals surface area contributed by atoms with Crippen LogP contribution in [-0.4, -0.2) is 0 Å². The summed E-state index contributed by atoms with van der Waals surface area (Å²) >= 11 is 0. The Hall–Kier alpha value is -0.780. The molecule has 0 aromatic carbocycles. The van der Waals surface area contributed by atoms with Crippen molar-refractivity contribution in [3.05, 3.63) is 35.5 Å². The molecule has 40 valence electrons. The molecule has 0 heterocycles. The van der Waals surface area contributed by atoms with Crippen molar-refractivity contribution < 1.29 is 0 Å². The van der Waals surface area contributed by atoms with Gasteiger partial charge in [0.2, 0.25) is 0 Å². The lowest BCUT2D eigenvalue weighted by molar-refractivity contribution is 1.13. The summed E-state index contributed by atoms with van der Waals surface area (Å²) < 4.78 is 0. The molecule has 0 saturated heterocycles. The lowest BCUT2D eigenvalue weighted by Crippen LogP contribution is -1.75. The Morgan fingerprint density at radius 3 is 2.75 bits per heavy atom. The maximum absolute atomic E-state index is 2.24. The van der Waals surface area contributed by atoms with E-state index in [0.29, 0.717) is 0 Å². The Balaban J connectivity index is 2.37. The zero-order valence-corrected chi connectivity index (χ0v) is 4.89. The molecular weight excluding hydrogens is 96.1 g/mol. The quantitative estimate of drug-likeness (QED) is 0.441. The van der Waals surface area contributed by atoms with E-state index >= 15 is 0 Å². The van der Waals surface area contributed by atoms with Gasteiger partial charge in [-0.1, -0.05) is 29.9 Å². The smallest absolute Gasteiger partial charge is 0.0234 e. The van der Waals surface area contributed by atoms with Gasteiger partial charge >= 0.3 is 0 Å². The summed E-state index contributed by atoms with van der Waals surface area (Å²) in [4.78, 5) is 0. The van der Waals surface area contributed by atoms with E-state index in [9.17, 15) is 0 Å². The summed E-state index contributed by atoms with van der Waals surface area (Å²) in [5, 5.41) is 0. The first-order valence-electron chi connectivity index (χ1n) is 2.95. The van der Waals surface area contributed by atoms with Crippen LogP contribution in [-0.2, 0) is 0 Å². The minimum Gasteiger partial charge on any atom is -0.0730 e. The van der Waals surface area contributed by atoms with Crippen LogP contribution in [0, 0.1) is 5.92 Å². The van der Waals surface area contributed by atoms with Crippen LogP contribution in [0.1, 0.15) is 6.92 Å². The first-order chi connectivity index (χ1) is 3.89. The van der Waals surface area contributed by atoms with Gasteiger partial charge in [-0.3, -0.25) is 0 Å². The number of allylic oxidation sites excluding steroid dienone is 6. The number of hydrogen-bond donors (Lipinski definition) is 0. The van der Waals surface area contributed by atoms with Crippen LogP contribution in [0.4, 0.5) is 0 Å². The minimum atomic E-state index is 0.736. The molecular formula is C8H8. The fourth-order valence-electron chi connectivity index (χ4n) is 1.19. The van der Waals surface area contributed by atoms with Crippen molar-refractivity contribution in [1.29, 1.82) is 0 Å². The molecule has 2 aliphatic carbocycles. The van der Waals surface area contributed by atoms with Gasteiger partial charge in [-0.2, -0.15) is 0 Å². The van der Waals surface area contributed by atoms with Gasteiger partial charge in [0.25, 0.3) is 0 Å². The van der Waals surface area contributed by atoms with Gasteiger partial charge < -0.3 is 0 Å². The van der Waals surface area contributed by atoms with E-state index < -0.39 is 0 Å². The monoisotopic (exact) mass is 104 g/mol. The lowest BCUT2D eigenvalue weighted by Gasteiger charge is -1.89. The van der Waals surface area contributed by atoms with E-state index in [-0.39, 0.29) is 0 Å². The maximum atomic E-state index is 2.24. The second kappa shape index (κ2) is 1.13. The molecule has 0 saturated carbocycles. The van der Waals surface area contributed by atoms with E-state index in [1.54, 1.807) is 5.57 Å². The van der Waals surface area contributed by atoms with E-state index in [0.717, 1.165) is 5.92 Å². The van der Waals surface area contributed by atoms with Gasteiger partial charge in [0.15, 0.2) is 0 Å². The topological polar surface area (TPSA) is 0 Å². The van der Waals surface area contributed by atoms with Gasteiger partial charge in [-0.15, -0.1) is 0 Å². The average molecular weight is 104 g/mol. The van der Waals surface area contributed by atoms with Crippen molar-refractivity contribution in [3.8, 4) is 0 Å². The van der Waals surface area contributed by atoms with Gasteiger partial charge in [-0.25, -0.2) is 0 Å². The Labute approximate surface area is 49.2 Å². The third kappa shape index (κ3) is 0.353. The molecule has 0 N–H and O–H groups in total.